The summed E-state index contributed by atoms with van der Waals surface area (Å²) in [6.45, 7) is 4.15. The Kier molecular flexibility index (Phi) is 4.62. The zero-order valence-electron chi connectivity index (χ0n) is 11.1. The molecule has 2 rings (SSSR count). The van der Waals surface area contributed by atoms with Gasteiger partial charge in [-0.3, -0.25) is 10.5 Å². The minimum atomic E-state index is -0.142. The third-order valence-electron chi connectivity index (χ3n) is 2.83. The van der Waals surface area contributed by atoms with Crippen molar-refractivity contribution < 1.29 is 4.74 Å². The Balaban J connectivity index is 2.50. The van der Waals surface area contributed by atoms with Crippen LogP contribution in [0.25, 0.3) is 0 Å². The van der Waals surface area contributed by atoms with Crippen molar-refractivity contribution >= 4 is 27.3 Å². The molecule has 0 aromatic carbocycles. The molecule has 2 aromatic rings. The van der Waals surface area contributed by atoms with Gasteiger partial charge in [0.1, 0.15) is 11.7 Å². The number of halogens is 1. The number of hydrogen-bond acceptors (Lipinski definition) is 5. The van der Waals surface area contributed by atoms with Crippen molar-refractivity contribution in [2.24, 2.45) is 5.84 Å². The maximum atomic E-state index is 5.74. The number of hydrazine groups is 1. The van der Waals surface area contributed by atoms with Crippen LogP contribution in [0.15, 0.2) is 22.1 Å². The third kappa shape index (κ3) is 2.84. The number of rotatable bonds is 5. The fraction of sp³-hybridized carbons (Fsp3) is 0.417. The number of thiophene rings is 1. The van der Waals surface area contributed by atoms with Crippen LogP contribution in [0.4, 0.5) is 0 Å². The molecule has 2 heterocycles. The standard InChI is InChI=1S/C12H17BrN4OS/c1-7(2)17-12(8(18-3)6-15-17)11(16-14)9-4-5-10(13)19-9/h4-7,11,16H,14H2,1-3H3. The second-order valence-electron chi connectivity index (χ2n) is 4.38. The molecule has 0 saturated heterocycles. The van der Waals surface area contributed by atoms with E-state index in [1.807, 2.05) is 16.8 Å². The molecule has 0 amide bonds. The highest BCUT2D eigenvalue weighted by atomic mass is 79.9. The van der Waals surface area contributed by atoms with Gasteiger partial charge in [-0.15, -0.1) is 11.3 Å². The predicted molar refractivity (Wildman–Crippen MR) is 80.3 cm³/mol. The first-order valence-corrected chi connectivity index (χ1v) is 7.52. The Morgan fingerprint density at radius 2 is 2.21 bits per heavy atom. The lowest BCUT2D eigenvalue weighted by Gasteiger charge is -2.19. The summed E-state index contributed by atoms with van der Waals surface area (Å²) in [5.41, 5.74) is 3.79. The molecule has 104 valence electrons. The minimum absolute atomic E-state index is 0.142. The minimum Gasteiger partial charge on any atom is -0.493 e. The molecule has 19 heavy (non-hydrogen) atoms. The SMILES string of the molecule is COc1cnn(C(C)C)c1C(NN)c1ccc(Br)s1. The maximum absolute atomic E-state index is 5.74. The summed E-state index contributed by atoms with van der Waals surface area (Å²) >= 11 is 5.11. The number of nitrogens with two attached hydrogens (primary N) is 1. The van der Waals surface area contributed by atoms with Crippen molar-refractivity contribution in [1.82, 2.24) is 15.2 Å². The lowest BCUT2D eigenvalue weighted by molar-refractivity contribution is 0.395. The van der Waals surface area contributed by atoms with E-state index in [9.17, 15) is 0 Å². The van der Waals surface area contributed by atoms with Crippen LogP contribution in [0, 0.1) is 0 Å². The number of aromatic nitrogens is 2. The van der Waals surface area contributed by atoms with E-state index >= 15 is 0 Å². The van der Waals surface area contributed by atoms with Crippen molar-refractivity contribution in [3.8, 4) is 5.75 Å². The summed E-state index contributed by atoms with van der Waals surface area (Å²) in [5, 5.41) is 4.38. The van der Waals surface area contributed by atoms with Crippen LogP contribution in [-0.2, 0) is 0 Å². The summed E-state index contributed by atoms with van der Waals surface area (Å²) in [6, 6.07) is 4.14. The van der Waals surface area contributed by atoms with E-state index in [1.54, 1.807) is 24.6 Å². The molecule has 0 saturated carbocycles. The number of nitrogens with one attached hydrogen (secondary N) is 1. The van der Waals surface area contributed by atoms with E-state index in [1.165, 1.54) is 0 Å². The van der Waals surface area contributed by atoms with Crippen molar-refractivity contribution in [2.45, 2.75) is 25.9 Å². The monoisotopic (exact) mass is 344 g/mol. The van der Waals surface area contributed by atoms with Crippen LogP contribution < -0.4 is 16.0 Å². The summed E-state index contributed by atoms with van der Waals surface area (Å²) < 4.78 is 8.40. The van der Waals surface area contributed by atoms with Crippen LogP contribution in [-0.4, -0.2) is 16.9 Å². The number of ether oxygens (including phenoxy) is 1. The van der Waals surface area contributed by atoms with Crippen molar-refractivity contribution in [1.29, 1.82) is 0 Å². The van der Waals surface area contributed by atoms with Crippen LogP contribution in [0.1, 0.15) is 36.5 Å². The van der Waals surface area contributed by atoms with Gasteiger partial charge in [0.25, 0.3) is 0 Å². The van der Waals surface area contributed by atoms with Gasteiger partial charge in [-0.2, -0.15) is 5.10 Å². The third-order valence-corrected chi connectivity index (χ3v) is 4.51. The lowest BCUT2D eigenvalue weighted by atomic mass is 10.1. The molecule has 0 aliphatic heterocycles. The zero-order chi connectivity index (χ0) is 14.0. The van der Waals surface area contributed by atoms with Gasteiger partial charge < -0.3 is 4.74 Å². The van der Waals surface area contributed by atoms with E-state index in [0.29, 0.717) is 0 Å². The summed E-state index contributed by atoms with van der Waals surface area (Å²) in [5.74, 6) is 6.48. The molecule has 3 N–H and O–H groups in total. The van der Waals surface area contributed by atoms with Crippen molar-refractivity contribution in [3.63, 3.8) is 0 Å². The lowest BCUT2D eigenvalue weighted by Crippen LogP contribution is -2.30. The van der Waals surface area contributed by atoms with E-state index in [0.717, 1.165) is 20.1 Å². The molecule has 1 unspecified atom stereocenters. The Morgan fingerprint density at radius 3 is 2.68 bits per heavy atom. The summed E-state index contributed by atoms with van der Waals surface area (Å²) in [6.07, 6.45) is 1.72. The number of methoxy groups -OCH3 is 1. The van der Waals surface area contributed by atoms with Crippen LogP contribution in [0.5, 0.6) is 5.75 Å². The Hall–Kier alpha value is -0.890. The Bertz CT molecular complexity index is 552. The van der Waals surface area contributed by atoms with E-state index in [4.69, 9.17) is 10.6 Å². The molecule has 0 aliphatic rings. The van der Waals surface area contributed by atoms with Gasteiger partial charge in [0, 0.05) is 10.9 Å². The smallest absolute Gasteiger partial charge is 0.162 e. The van der Waals surface area contributed by atoms with Gasteiger partial charge in [0.15, 0.2) is 5.75 Å². The average molecular weight is 345 g/mol. The molecule has 7 heteroatoms. The molecule has 2 aromatic heterocycles. The second kappa shape index (κ2) is 6.04. The van der Waals surface area contributed by atoms with Crippen molar-refractivity contribution in [3.05, 3.63) is 32.7 Å². The first-order valence-electron chi connectivity index (χ1n) is 5.91. The van der Waals surface area contributed by atoms with Crippen LogP contribution >= 0.6 is 27.3 Å². The zero-order valence-corrected chi connectivity index (χ0v) is 13.5. The van der Waals surface area contributed by atoms with E-state index < -0.39 is 0 Å². The molecule has 0 fully saturated rings. The number of nitrogens with zero attached hydrogens (tertiary/aromatic N) is 2. The van der Waals surface area contributed by atoms with Gasteiger partial charge in [-0.1, -0.05) is 0 Å². The Labute approximate surface area is 124 Å². The molecule has 5 nitrogen and oxygen atoms in total. The molecular formula is C12H17BrN4OS. The first kappa shape index (κ1) is 14.5. The van der Waals surface area contributed by atoms with E-state index in [-0.39, 0.29) is 12.1 Å². The van der Waals surface area contributed by atoms with Crippen molar-refractivity contribution in [2.75, 3.05) is 7.11 Å². The van der Waals surface area contributed by atoms with Gasteiger partial charge >= 0.3 is 0 Å². The summed E-state index contributed by atoms with van der Waals surface area (Å²) in [7, 11) is 1.64. The Morgan fingerprint density at radius 1 is 1.47 bits per heavy atom. The largest absolute Gasteiger partial charge is 0.493 e. The van der Waals surface area contributed by atoms with Crippen LogP contribution in [0.2, 0.25) is 0 Å². The van der Waals surface area contributed by atoms with Gasteiger partial charge in [0.05, 0.1) is 17.1 Å². The highest BCUT2D eigenvalue weighted by molar-refractivity contribution is 9.11. The highest BCUT2D eigenvalue weighted by Gasteiger charge is 2.25. The molecule has 0 aliphatic carbocycles. The van der Waals surface area contributed by atoms with E-state index in [2.05, 4.69) is 40.3 Å². The quantitative estimate of drug-likeness (QED) is 0.646. The second-order valence-corrected chi connectivity index (χ2v) is 6.87. The number of hydrogen-bond donors (Lipinski definition) is 2. The molecular weight excluding hydrogens is 328 g/mol. The van der Waals surface area contributed by atoms with Gasteiger partial charge in [0.2, 0.25) is 0 Å². The molecule has 0 spiro atoms. The average Bonchev–Trinajstić information content (AvgIpc) is 2.97. The fourth-order valence-electron chi connectivity index (χ4n) is 1.98. The predicted octanol–water partition coefficient (Wildman–Crippen LogP) is 2.85. The maximum Gasteiger partial charge on any atom is 0.162 e. The topological polar surface area (TPSA) is 65.1 Å². The first-order chi connectivity index (χ1) is 9.08. The highest BCUT2D eigenvalue weighted by Crippen LogP contribution is 2.35. The van der Waals surface area contributed by atoms with Gasteiger partial charge in [-0.05, 0) is 41.9 Å². The molecule has 0 radical (unpaired) electrons. The molecule has 1 atom stereocenters. The summed E-state index contributed by atoms with van der Waals surface area (Å²) in [4.78, 5) is 1.11. The van der Waals surface area contributed by atoms with Crippen LogP contribution in [0.3, 0.4) is 0 Å². The fourth-order valence-corrected chi connectivity index (χ4v) is 3.47. The van der Waals surface area contributed by atoms with Gasteiger partial charge in [-0.25, -0.2) is 5.43 Å². The molecule has 0 bridgehead atoms. The normalized spacial score (nSPS) is 12.9.